The summed E-state index contributed by atoms with van der Waals surface area (Å²) in [5.74, 6) is -0.112. The van der Waals surface area contributed by atoms with Crippen molar-refractivity contribution in [2.45, 2.75) is 25.8 Å². The SMILES string of the molecule is C[C@@H]1CNCCN1C(=O)CCC(=O)c1cc(Cl)sc1Cl. The Balaban J connectivity index is 1.90. The lowest BCUT2D eigenvalue weighted by atomic mass is 10.1. The summed E-state index contributed by atoms with van der Waals surface area (Å²) in [7, 11) is 0. The summed E-state index contributed by atoms with van der Waals surface area (Å²) in [5.41, 5.74) is 0.419. The quantitative estimate of drug-likeness (QED) is 0.861. The number of amides is 1. The number of halogens is 2. The van der Waals surface area contributed by atoms with Crippen LogP contribution in [0, 0.1) is 0 Å². The molecule has 1 N–H and O–H groups in total. The molecule has 2 heterocycles. The molecule has 7 heteroatoms. The highest BCUT2D eigenvalue weighted by atomic mass is 35.5. The van der Waals surface area contributed by atoms with Gasteiger partial charge in [-0.25, -0.2) is 0 Å². The molecule has 4 nitrogen and oxygen atoms in total. The molecule has 0 spiro atoms. The maximum absolute atomic E-state index is 12.1. The molecule has 0 saturated carbocycles. The van der Waals surface area contributed by atoms with Crippen molar-refractivity contribution in [1.82, 2.24) is 10.2 Å². The van der Waals surface area contributed by atoms with Crippen LogP contribution in [0.5, 0.6) is 0 Å². The Bertz CT molecular complexity index is 518. The summed E-state index contributed by atoms with van der Waals surface area (Å²) in [4.78, 5) is 26.0. The molecule has 1 amide bonds. The Kier molecular flexibility index (Phi) is 5.43. The highest BCUT2D eigenvalue weighted by molar-refractivity contribution is 7.20. The number of nitrogens with zero attached hydrogens (tertiary/aromatic N) is 1. The van der Waals surface area contributed by atoms with Crippen LogP contribution in [0.1, 0.15) is 30.1 Å². The minimum Gasteiger partial charge on any atom is -0.337 e. The zero-order valence-corrected chi connectivity index (χ0v) is 13.4. The van der Waals surface area contributed by atoms with Crippen molar-refractivity contribution >= 4 is 46.2 Å². The smallest absolute Gasteiger partial charge is 0.223 e. The largest absolute Gasteiger partial charge is 0.337 e. The van der Waals surface area contributed by atoms with Crippen molar-refractivity contribution in [2.24, 2.45) is 0 Å². The average molecular weight is 335 g/mol. The normalized spacial score (nSPS) is 19.1. The molecule has 1 saturated heterocycles. The molecular weight excluding hydrogens is 319 g/mol. The van der Waals surface area contributed by atoms with Gasteiger partial charge in [0, 0.05) is 44.1 Å². The molecule has 20 heavy (non-hydrogen) atoms. The van der Waals surface area contributed by atoms with E-state index in [4.69, 9.17) is 23.2 Å². The minimum absolute atomic E-state index is 0.0183. The first-order valence-electron chi connectivity index (χ1n) is 6.47. The molecule has 1 fully saturated rings. The Labute approximate surface area is 132 Å². The molecule has 2 rings (SSSR count). The maximum atomic E-state index is 12.1. The van der Waals surface area contributed by atoms with Gasteiger partial charge in [0.15, 0.2) is 5.78 Å². The Morgan fingerprint density at radius 2 is 2.20 bits per heavy atom. The Hall–Kier alpha value is -0.620. The van der Waals surface area contributed by atoms with E-state index in [1.807, 2.05) is 11.8 Å². The second-order valence-corrected chi connectivity index (χ2v) is 7.09. The van der Waals surface area contributed by atoms with Crippen LogP contribution in [0.15, 0.2) is 6.07 Å². The molecule has 0 aliphatic carbocycles. The highest BCUT2D eigenvalue weighted by Crippen LogP contribution is 2.32. The highest BCUT2D eigenvalue weighted by Gasteiger charge is 2.24. The molecule has 1 aliphatic heterocycles. The first-order valence-corrected chi connectivity index (χ1v) is 8.04. The number of thiophene rings is 1. The van der Waals surface area contributed by atoms with E-state index >= 15 is 0 Å². The van der Waals surface area contributed by atoms with Crippen LogP contribution in [0.2, 0.25) is 8.67 Å². The van der Waals surface area contributed by atoms with E-state index in [1.165, 1.54) is 11.3 Å². The van der Waals surface area contributed by atoms with Gasteiger partial charge in [-0.3, -0.25) is 9.59 Å². The fourth-order valence-corrected chi connectivity index (χ4v) is 3.74. The van der Waals surface area contributed by atoms with Crippen molar-refractivity contribution < 1.29 is 9.59 Å². The summed E-state index contributed by atoms with van der Waals surface area (Å²) in [6, 6.07) is 1.74. The van der Waals surface area contributed by atoms with Crippen LogP contribution in [0.25, 0.3) is 0 Å². The summed E-state index contributed by atoms with van der Waals surface area (Å²) >= 11 is 12.9. The van der Waals surface area contributed by atoms with Gasteiger partial charge in [0.1, 0.15) is 4.34 Å². The number of hydrogen-bond donors (Lipinski definition) is 1. The summed E-state index contributed by atoms with van der Waals surface area (Å²) in [6.45, 7) is 4.29. The fraction of sp³-hybridized carbons (Fsp3) is 0.538. The molecule has 110 valence electrons. The van der Waals surface area contributed by atoms with Gasteiger partial charge in [-0.15, -0.1) is 11.3 Å². The van der Waals surface area contributed by atoms with E-state index in [1.54, 1.807) is 6.07 Å². The van der Waals surface area contributed by atoms with Crippen LogP contribution >= 0.6 is 34.5 Å². The number of Topliss-reactive ketones (excluding diaryl/α,β-unsaturated/α-hetero) is 1. The molecule has 1 atom stereocenters. The third-order valence-electron chi connectivity index (χ3n) is 3.34. The van der Waals surface area contributed by atoms with Gasteiger partial charge in [-0.05, 0) is 13.0 Å². The van der Waals surface area contributed by atoms with Crippen molar-refractivity contribution in [3.8, 4) is 0 Å². The topological polar surface area (TPSA) is 49.4 Å². The minimum atomic E-state index is -0.130. The van der Waals surface area contributed by atoms with Gasteiger partial charge in [-0.1, -0.05) is 23.2 Å². The monoisotopic (exact) mass is 334 g/mol. The van der Waals surface area contributed by atoms with Crippen molar-refractivity contribution in [3.63, 3.8) is 0 Å². The third-order valence-corrected chi connectivity index (χ3v) is 4.83. The number of carbonyl (C=O) groups excluding carboxylic acids is 2. The van der Waals surface area contributed by atoms with Crippen LogP contribution in [-0.4, -0.2) is 42.3 Å². The number of piperazine rings is 1. The predicted molar refractivity (Wildman–Crippen MR) is 81.9 cm³/mol. The van der Waals surface area contributed by atoms with Gasteiger partial charge >= 0.3 is 0 Å². The molecule has 1 aromatic rings. The van der Waals surface area contributed by atoms with Crippen LogP contribution < -0.4 is 5.32 Å². The summed E-state index contributed by atoms with van der Waals surface area (Å²) in [6.07, 6.45) is 0.384. The van der Waals surface area contributed by atoms with Gasteiger partial charge in [0.25, 0.3) is 0 Å². The molecular formula is C13H16Cl2N2O2S. The molecule has 0 bridgehead atoms. The zero-order chi connectivity index (χ0) is 14.7. The first kappa shape index (κ1) is 15.8. The van der Waals surface area contributed by atoms with E-state index in [0.29, 0.717) is 20.8 Å². The van der Waals surface area contributed by atoms with E-state index in [-0.39, 0.29) is 30.6 Å². The standard InChI is InChI=1S/C13H16Cl2N2O2S/c1-8-7-16-4-5-17(8)12(19)3-2-10(18)9-6-11(14)20-13(9)15/h6,8,16H,2-5,7H2,1H3/t8-/m1/s1. The number of ketones is 1. The first-order chi connectivity index (χ1) is 9.49. The van der Waals surface area contributed by atoms with E-state index < -0.39 is 0 Å². The van der Waals surface area contributed by atoms with Crippen molar-refractivity contribution in [3.05, 3.63) is 20.3 Å². The second-order valence-electron chi connectivity index (χ2n) is 4.80. The number of nitrogens with one attached hydrogen (secondary N) is 1. The summed E-state index contributed by atoms with van der Waals surface area (Å²) in [5, 5.41) is 3.23. The molecule has 0 radical (unpaired) electrons. The Morgan fingerprint density at radius 3 is 2.80 bits per heavy atom. The van der Waals surface area contributed by atoms with Gasteiger partial charge in [-0.2, -0.15) is 0 Å². The lowest BCUT2D eigenvalue weighted by molar-refractivity contribution is -0.133. The number of hydrogen-bond acceptors (Lipinski definition) is 4. The molecule has 1 aromatic heterocycles. The predicted octanol–water partition coefficient (Wildman–Crippen LogP) is 2.84. The summed E-state index contributed by atoms with van der Waals surface area (Å²) < 4.78 is 0.878. The second kappa shape index (κ2) is 6.89. The molecule has 0 aromatic carbocycles. The van der Waals surface area contributed by atoms with Gasteiger partial charge in [0.2, 0.25) is 5.91 Å². The van der Waals surface area contributed by atoms with Crippen LogP contribution in [-0.2, 0) is 4.79 Å². The Morgan fingerprint density at radius 1 is 1.45 bits per heavy atom. The number of carbonyl (C=O) groups is 2. The molecule has 0 unspecified atom stereocenters. The van der Waals surface area contributed by atoms with Crippen LogP contribution in [0.3, 0.4) is 0 Å². The van der Waals surface area contributed by atoms with Gasteiger partial charge in [0.05, 0.1) is 4.34 Å². The lowest BCUT2D eigenvalue weighted by Gasteiger charge is -2.34. The average Bonchev–Trinajstić information content (AvgIpc) is 2.75. The zero-order valence-electron chi connectivity index (χ0n) is 11.1. The van der Waals surface area contributed by atoms with Gasteiger partial charge < -0.3 is 10.2 Å². The van der Waals surface area contributed by atoms with E-state index in [9.17, 15) is 9.59 Å². The third kappa shape index (κ3) is 3.73. The maximum Gasteiger partial charge on any atom is 0.223 e. The van der Waals surface area contributed by atoms with Crippen molar-refractivity contribution in [2.75, 3.05) is 19.6 Å². The fourth-order valence-electron chi connectivity index (χ4n) is 2.24. The van der Waals surface area contributed by atoms with E-state index in [0.717, 1.165) is 13.1 Å². The van der Waals surface area contributed by atoms with Crippen molar-refractivity contribution in [1.29, 1.82) is 0 Å². The van der Waals surface area contributed by atoms with E-state index in [2.05, 4.69) is 5.32 Å². The molecule has 1 aliphatic rings. The van der Waals surface area contributed by atoms with Crippen LogP contribution in [0.4, 0.5) is 0 Å². The number of rotatable bonds is 4. The lowest BCUT2D eigenvalue weighted by Crippen LogP contribution is -2.52.